The van der Waals surface area contributed by atoms with Gasteiger partial charge in [-0.25, -0.2) is 0 Å². The zero-order valence-electron chi connectivity index (χ0n) is 16.2. The molecule has 0 fully saturated rings. The Morgan fingerprint density at radius 3 is 1.48 bits per heavy atom. The minimum absolute atomic E-state index is 0.518. The molecule has 0 saturated heterocycles. The molecule has 0 aliphatic rings. The molecule has 1 rings (SSSR count). The fourth-order valence-electron chi connectivity index (χ4n) is 3.11. The van der Waals surface area contributed by atoms with Gasteiger partial charge in [-0.1, -0.05) is 30.3 Å². The summed E-state index contributed by atoms with van der Waals surface area (Å²) >= 11 is 0. The zero-order valence-corrected chi connectivity index (χ0v) is 17.1. The first-order valence-corrected chi connectivity index (χ1v) is 10.1. The van der Waals surface area contributed by atoms with Crippen molar-refractivity contribution in [1.82, 2.24) is 14.4 Å². The second-order valence-corrected chi connectivity index (χ2v) is 9.06. The van der Waals surface area contributed by atoms with Crippen LogP contribution in [0.4, 0.5) is 0 Å². The molecule has 23 heavy (non-hydrogen) atoms. The monoisotopic (exact) mass is 337 g/mol. The van der Waals surface area contributed by atoms with Crippen LogP contribution < -0.4 is 5.09 Å². The topological polar surface area (TPSA) is 18.5 Å². The van der Waals surface area contributed by atoms with Crippen molar-refractivity contribution in [3.63, 3.8) is 0 Å². The van der Waals surface area contributed by atoms with Gasteiger partial charge in [0, 0.05) is 30.7 Å². The molecule has 1 aromatic carbocycles. The highest BCUT2D eigenvalue weighted by atomic mass is 31.1. The molecule has 0 amide bonds. The highest BCUT2D eigenvalue weighted by molar-refractivity contribution is 7.50. The standard InChI is InChI=1S/C19H36N3P/c1-15(2)21(16(3)4)23(22(17(5)6)18(7)8)20-14-19-12-10-9-11-13-19/h9-13,15-18,20H,14H2,1-8H3. The Morgan fingerprint density at radius 1 is 0.739 bits per heavy atom. The Labute approximate surface area is 145 Å². The first kappa shape index (κ1) is 20.6. The third-order valence-electron chi connectivity index (χ3n) is 3.82. The molecule has 0 heterocycles. The Hall–Kier alpha value is -0.470. The lowest BCUT2D eigenvalue weighted by molar-refractivity contribution is 0.251. The Kier molecular flexibility index (Phi) is 8.71. The van der Waals surface area contributed by atoms with Crippen LogP contribution in [0.5, 0.6) is 0 Å². The summed E-state index contributed by atoms with van der Waals surface area (Å²) in [7, 11) is -0.552. The summed E-state index contributed by atoms with van der Waals surface area (Å²) in [6.07, 6.45) is 0. The maximum atomic E-state index is 3.88. The molecular formula is C19H36N3P. The molecule has 132 valence electrons. The Bertz CT molecular complexity index is 396. The average molecular weight is 337 g/mol. The molecule has 3 nitrogen and oxygen atoms in total. The van der Waals surface area contributed by atoms with Gasteiger partial charge < -0.3 is 0 Å². The van der Waals surface area contributed by atoms with Crippen LogP contribution in [-0.2, 0) is 6.54 Å². The van der Waals surface area contributed by atoms with Gasteiger partial charge in [-0.15, -0.1) is 0 Å². The predicted molar refractivity (Wildman–Crippen MR) is 104 cm³/mol. The average Bonchev–Trinajstić information content (AvgIpc) is 2.44. The zero-order chi connectivity index (χ0) is 17.6. The molecule has 0 aromatic heterocycles. The molecule has 0 unspecified atom stereocenters. The number of rotatable bonds is 9. The van der Waals surface area contributed by atoms with E-state index in [-0.39, 0.29) is 0 Å². The van der Waals surface area contributed by atoms with Gasteiger partial charge in [0.1, 0.15) is 8.37 Å². The summed E-state index contributed by atoms with van der Waals surface area (Å²) in [5.41, 5.74) is 1.35. The summed E-state index contributed by atoms with van der Waals surface area (Å²) in [5, 5.41) is 3.88. The molecule has 0 spiro atoms. The summed E-state index contributed by atoms with van der Waals surface area (Å²) in [5.74, 6) is 0. The SMILES string of the molecule is CC(C)N(C(C)C)P(NCc1ccccc1)N(C(C)C)C(C)C. The first-order chi connectivity index (χ1) is 10.8. The minimum atomic E-state index is -0.552. The van der Waals surface area contributed by atoms with Crippen LogP contribution in [-0.4, -0.2) is 33.5 Å². The van der Waals surface area contributed by atoms with Crippen LogP contribution in [0.25, 0.3) is 0 Å². The highest BCUT2D eigenvalue weighted by Gasteiger charge is 2.32. The van der Waals surface area contributed by atoms with E-state index in [1.807, 2.05) is 0 Å². The van der Waals surface area contributed by atoms with E-state index in [1.165, 1.54) is 5.56 Å². The molecule has 0 aliphatic carbocycles. The van der Waals surface area contributed by atoms with E-state index in [2.05, 4.69) is 100 Å². The minimum Gasteiger partial charge on any atom is -0.267 e. The van der Waals surface area contributed by atoms with Crippen LogP contribution in [0.2, 0.25) is 0 Å². The van der Waals surface area contributed by atoms with Crippen molar-refractivity contribution in [2.24, 2.45) is 0 Å². The third kappa shape index (κ3) is 6.15. The van der Waals surface area contributed by atoms with Gasteiger partial charge in [-0.2, -0.15) is 0 Å². The lowest BCUT2D eigenvalue weighted by Gasteiger charge is -2.47. The van der Waals surface area contributed by atoms with Crippen molar-refractivity contribution >= 4 is 8.37 Å². The van der Waals surface area contributed by atoms with Crippen LogP contribution >= 0.6 is 8.37 Å². The summed E-state index contributed by atoms with van der Waals surface area (Å²) in [6.45, 7) is 19.3. The number of benzene rings is 1. The van der Waals surface area contributed by atoms with Gasteiger partial charge in [0.05, 0.1) is 0 Å². The molecule has 1 N–H and O–H groups in total. The lowest BCUT2D eigenvalue weighted by Crippen LogP contribution is -2.46. The number of nitrogens with one attached hydrogen (secondary N) is 1. The van der Waals surface area contributed by atoms with Gasteiger partial charge in [0.2, 0.25) is 0 Å². The number of hydrogen-bond acceptors (Lipinski definition) is 3. The Balaban J connectivity index is 3.03. The van der Waals surface area contributed by atoms with Gasteiger partial charge in [0.25, 0.3) is 0 Å². The molecule has 0 bridgehead atoms. The largest absolute Gasteiger partial charge is 0.267 e. The van der Waals surface area contributed by atoms with Crippen molar-refractivity contribution in [2.75, 3.05) is 0 Å². The lowest BCUT2D eigenvalue weighted by atomic mass is 10.2. The number of nitrogens with zero attached hydrogens (tertiary/aromatic N) is 2. The van der Waals surface area contributed by atoms with E-state index in [9.17, 15) is 0 Å². The van der Waals surface area contributed by atoms with Crippen molar-refractivity contribution in [1.29, 1.82) is 0 Å². The van der Waals surface area contributed by atoms with E-state index >= 15 is 0 Å². The van der Waals surface area contributed by atoms with Crippen LogP contribution in [0.1, 0.15) is 61.0 Å². The molecule has 1 aromatic rings. The predicted octanol–water partition coefficient (Wildman–Crippen LogP) is 5.24. The van der Waals surface area contributed by atoms with Crippen LogP contribution in [0.3, 0.4) is 0 Å². The summed E-state index contributed by atoms with van der Waals surface area (Å²) in [6, 6.07) is 12.8. The van der Waals surface area contributed by atoms with E-state index in [0.717, 1.165) is 6.54 Å². The van der Waals surface area contributed by atoms with Crippen molar-refractivity contribution in [3.8, 4) is 0 Å². The third-order valence-corrected chi connectivity index (χ3v) is 6.98. The van der Waals surface area contributed by atoms with Gasteiger partial charge in [0.15, 0.2) is 0 Å². The Morgan fingerprint density at radius 2 is 1.13 bits per heavy atom. The maximum absolute atomic E-state index is 3.88. The van der Waals surface area contributed by atoms with E-state index in [1.54, 1.807) is 0 Å². The van der Waals surface area contributed by atoms with E-state index in [4.69, 9.17) is 0 Å². The van der Waals surface area contributed by atoms with Crippen LogP contribution in [0, 0.1) is 0 Å². The number of hydrogen-bond donors (Lipinski definition) is 1. The first-order valence-electron chi connectivity index (χ1n) is 8.89. The molecule has 0 saturated carbocycles. The fraction of sp³-hybridized carbons (Fsp3) is 0.684. The van der Waals surface area contributed by atoms with Crippen LogP contribution in [0.15, 0.2) is 30.3 Å². The molecular weight excluding hydrogens is 301 g/mol. The summed E-state index contributed by atoms with van der Waals surface area (Å²) in [4.78, 5) is 0. The fourth-order valence-corrected chi connectivity index (χ4v) is 5.75. The maximum Gasteiger partial charge on any atom is 0.118 e. The summed E-state index contributed by atoms with van der Waals surface area (Å²) < 4.78 is 5.27. The molecule has 4 heteroatoms. The second-order valence-electron chi connectivity index (χ2n) is 7.24. The molecule has 0 atom stereocenters. The smallest absolute Gasteiger partial charge is 0.118 e. The highest BCUT2D eigenvalue weighted by Crippen LogP contribution is 2.46. The quantitative estimate of drug-likeness (QED) is 0.622. The van der Waals surface area contributed by atoms with Gasteiger partial charge >= 0.3 is 0 Å². The van der Waals surface area contributed by atoms with Crippen molar-refractivity contribution < 1.29 is 0 Å². The normalized spacial score (nSPS) is 12.8. The molecule has 0 aliphatic heterocycles. The van der Waals surface area contributed by atoms with Gasteiger partial charge in [-0.3, -0.25) is 14.4 Å². The second kappa shape index (κ2) is 9.74. The van der Waals surface area contributed by atoms with Crippen molar-refractivity contribution in [2.45, 2.75) is 86.1 Å². The van der Waals surface area contributed by atoms with E-state index < -0.39 is 8.37 Å². The van der Waals surface area contributed by atoms with E-state index in [0.29, 0.717) is 24.2 Å². The van der Waals surface area contributed by atoms with Gasteiger partial charge in [-0.05, 0) is 61.0 Å². The van der Waals surface area contributed by atoms with Crippen molar-refractivity contribution in [3.05, 3.63) is 35.9 Å². The molecule has 0 radical (unpaired) electrons.